The molecule has 0 saturated heterocycles. The molecule has 0 heterocycles. The Morgan fingerprint density at radius 1 is 1.38 bits per heavy atom. The van der Waals surface area contributed by atoms with Crippen LogP contribution >= 0.6 is 0 Å². The van der Waals surface area contributed by atoms with Gasteiger partial charge in [-0.3, -0.25) is 4.79 Å². The third kappa shape index (κ3) is 3.93. The summed E-state index contributed by atoms with van der Waals surface area (Å²) in [6.07, 6.45) is 1.15. The molecular weight excluding hydrogens is 204 g/mol. The maximum Gasteiger partial charge on any atom is 0.303 e. The Hall–Kier alpha value is -1.51. The van der Waals surface area contributed by atoms with Gasteiger partial charge in [-0.15, -0.1) is 0 Å². The molecule has 1 N–H and O–H groups in total. The summed E-state index contributed by atoms with van der Waals surface area (Å²) in [6.45, 7) is 4.68. The lowest BCUT2D eigenvalue weighted by molar-refractivity contribution is -0.137. The van der Waals surface area contributed by atoms with Gasteiger partial charge in [0, 0.05) is 0 Å². The van der Waals surface area contributed by atoms with Gasteiger partial charge in [-0.05, 0) is 30.0 Å². The first kappa shape index (κ1) is 12.6. The van der Waals surface area contributed by atoms with Crippen LogP contribution in [0.2, 0.25) is 0 Å². The van der Waals surface area contributed by atoms with E-state index in [2.05, 4.69) is 6.92 Å². The van der Waals surface area contributed by atoms with E-state index in [1.807, 2.05) is 31.2 Å². The van der Waals surface area contributed by atoms with Crippen LogP contribution in [0.1, 0.15) is 38.2 Å². The maximum atomic E-state index is 10.6. The summed E-state index contributed by atoms with van der Waals surface area (Å²) in [5, 5.41) is 8.69. The van der Waals surface area contributed by atoms with E-state index in [1.54, 1.807) is 0 Å². The molecule has 3 nitrogen and oxygen atoms in total. The SMILES string of the molecule is CCCOc1ccc(C(C)CC(=O)O)cc1. The van der Waals surface area contributed by atoms with E-state index in [-0.39, 0.29) is 12.3 Å². The van der Waals surface area contributed by atoms with Crippen LogP contribution in [0, 0.1) is 0 Å². The molecule has 0 aliphatic carbocycles. The minimum atomic E-state index is -0.765. The van der Waals surface area contributed by atoms with E-state index in [4.69, 9.17) is 9.84 Å². The highest BCUT2D eigenvalue weighted by atomic mass is 16.5. The Bertz CT molecular complexity index is 330. The standard InChI is InChI=1S/C13H18O3/c1-3-8-16-12-6-4-11(5-7-12)10(2)9-13(14)15/h4-7,10H,3,8-9H2,1-2H3,(H,14,15). The second-order valence-electron chi connectivity index (χ2n) is 3.92. The number of rotatable bonds is 6. The summed E-state index contributed by atoms with van der Waals surface area (Å²) in [5.41, 5.74) is 1.03. The van der Waals surface area contributed by atoms with Crippen LogP contribution in [-0.4, -0.2) is 17.7 Å². The van der Waals surface area contributed by atoms with Crippen LogP contribution in [0.5, 0.6) is 5.75 Å². The Balaban J connectivity index is 2.59. The molecule has 3 heteroatoms. The summed E-state index contributed by atoms with van der Waals surface area (Å²) >= 11 is 0. The van der Waals surface area contributed by atoms with E-state index >= 15 is 0 Å². The first-order valence-electron chi connectivity index (χ1n) is 5.58. The van der Waals surface area contributed by atoms with Crippen LogP contribution in [-0.2, 0) is 4.79 Å². The number of hydrogen-bond donors (Lipinski definition) is 1. The molecule has 0 amide bonds. The first-order chi connectivity index (χ1) is 7.63. The molecule has 0 saturated carbocycles. The summed E-state index contributed by atoms with van der Waals surface area (Å²) in [6, 6.07) is 7.64. The fraction of sp³-hybridized carbons (Fsp3) is 0.462. The molecular formula is C13H18O3. The highest BCUT2D eigenvalue weighted by molar-refractivity contribution is 5.67. The number of ether oxygens (including phenoxy) is 1. The van der Waals surface area contributed by atoms with Crippen molar-refractivity contribution in [3.05, 3.63) is 29.8 Å². The van der Waals surface area contributed by atoms with Crippen molar-refractivity contribution in [3.63, 3.8) is 0 Å². The lowest BCUT2D eigenvalue weighted by Crippen LogP contribution is -2.03. The van der Waals surface area contributed by atoms with Gasteiger partial charge in [0.05, 0.1) is 13.0 Å². The van der Waals surface area contributed by atoms with Gasteiger partial charge < -0.3 is 9.84 Å². The molecule has 0 aromatic heterocycles. The fourth-order valence-electron chi connectivity index (χ4n) is 1.49. The van der Waals surface area contributed by atoms with Crippen LogP contribution in [0.15, 0.2) is 24.3 Å². The summed E-state index contributed by atoms with van der Waals surface area (Å²) < 4.78 is 5.45. The number of carbonyl (C=O) groups is 1. The zero-order chi connectivity index (χ0) is 12.0. The second-order valence-corrected chi connectivity index (χ2v) is 3.92. The molecule has 0 spiro atoms. The molecule has 1 aromatic carbocycles. The van der Waals surface area contributed by atoms with Gasteiger partial charge in [0.15, 0.2) is 0 Å². The second kappa shape index (κ2) is 6.16. The highest BCUT2D eigenvalue weighted by Crippen LogP contribution is 2.21. The average Bonchev–Trinajstić information content (AvgIpc) is 2.26. The minimum absolute atomic E-state index is 0.0396. The van der Waals surface area contributed by atoms with Gasteiger partial charge in [0.2, 0.25) is 0 Å². The predicted molar refractivity (Wildman–Crippen MR) is 62.9 cm³/mol. The van der Waals surface area contributed by atoms with Crippen LogP contribution < -0.4 is 4.74 Å². The molecule has 0 fully saturated rings. The van der Waals surface area contributed by atoms with Gasteiger partial charge in [-0.2, -0.15) is 0 Å². The zero-order valence-corrected chi connectivity index (χ0v) is 9.77. The van der Waals surface area contributed by atoms with Crippen molar-refractivity contribution in [1.29, 1.82) is 0 Å². The minimum Gasteiger partial charge on any atom is -0.494 e. The van der Waals surface area contributed by atoms with Crippen LogP contribution in [0.4, 0.5) is 0 Å². The van der Waals surface area contributed by atoms with E-state index < -0.39 is 5.97 Å². The molecule has 0 aliphatic rings. The van der Waals surface area contributed by atoms with Crippen LogP contribution in [0.3, 0.4) is 0 Å². The Morgan fingerprint density at radius 2 is 2.00 bits per heavy atom. The quantitative estimate of drug-likeness (QED) is 0.804. The third-order valence-electron chi connectivity index (χ3n) is 2.40. The summed E-state index contributed by atoms with van der Waals surface area (Å²) in [7, 11) is 0. The Labute approximate surface area is 96.1 Å². The number of carboxylic acid groups (broad SMARTS) is 1. The number of aliphatic carboxylic acids is 1. The number of carboxylic acids is 1. The smallest absolute Gasteiger partial charge is 0.303 e. The van der Waals surface area contributed by atoms with E-state index in [0.717, 1.165) is 17.7 Å². The van der Waals surface area contributed by atoms with Gasteiger partial charge in [0.1, 0.15) is 5.75 Å². The largest absolute Gasteiger partial charge is 0.494 e. The lowest BCUT2D eigenvalue weighted by Gasteiger charge is -2.10. The fourth-order valence-corrected chi connectivity index (χ4v) is 1.49. The van der Waals surface area contributed by atoms with Crippen molar-refractivity contribution in [1.82, 2.24) is 0 Å². The average molecular weight is 222 g/mol. The number of benzene rings is 1. The van der Waals surface area contributed by atoms with Crippen molar-refractivity contribution >= 4 is 5.97 Å². The molecule has 0 aliphatic heterocycles. The van der Waals surface area contributed by atoms with E-state index in [1.165, 1.54) is 0 Å². The Kier molecular flexibility index (Phi) is 4.83. The predicted octanol–water partition coefficient (Wildman–Crippen LogP) is 3.05. The molecule has 88 valence electrons. The molecule has 1 unspecified atom stereocenters. The van der Waals surface area contributed by atoms with Crippen LogP contribution in [0.25, 0.3) is 0 Å². The van der Waals surface area contributed by atoms with Crippen molar-refractivity contribution in [3.8, 4) is 5.75 Å². The topological polar surface area (TPSA) is 46.5 Å². The first-order valence-corrected chi connectivity index (χ1v) is 5.58. The van der Waals surface area contributed by atoms with Crippen molar-refractivity contribution < 1.29 is 14.6 Å². The summed E-state index contributed by atoms with van der Waals surface area (Å²) in [4.78, 5) is 10.6. The number of hydrogen-bond acceptors (Lipinski definition) is 2. The van der Waals surface area contributed by atoms with Gasteiger partial charge in [-0.25, -0.2) is 0 Å². The van der Waals surface area contributed by atoms with Gasteiger partial charge in [0.25, 0.3) is 0 Å². The summed E-state index contributed by atoms with van der Waals surface area (Å²) in [5.74, 6) is 0.115. The normalized spacial score (nSPS) is 12.1. The monoisotopic (exact) mass is 222 g/mol. The highest BCUT2D eigenvalue weighted by Gasteiger charge is 2.09. The van der Waals surface area contributed by atoms with Gasteiger partial charge >= 0.3 is 5.97 Å². The van der Waals surface area contributed by atoms with Crippen molar-refractivity contribution in [2.45, 2.75) is 32.6 Å². The molecule has 16 heavy (non-hydrogen) atoms. The molecule has 1 aromatic rings. The van der Waals surface area contributed by atoms with Crippen molar-refractivity contribution in [2.75, 3.05) is 6.61 Å². The lowest BCUT2D eigenvalue weighted by atomic mass is 9.98. The molecule has 1 atom stereocenters. The Morgan fingerprint density at radius 3 is 2.50 bits per heavy atom. The van der Waals surface area contributed by atoms with Gasteiger partial charge in [-0.1, -0.05) is 26.0 Å². The third-order valence-corrected chi connectivity index (χ3v) is 2.40. The zero-order valence-electron chi connectivity index (χ0n) is 9.77. The molecule has 0 bridgehead atoms. The molecule has 0 radical (unpaired) electrons. The molecule has 1 rings (SSSR count). The van der Waals surface area contributed by atoms with E-state index in [9.17, 15) is 4.79 Å². The van der Waals surface area contributed by atoms with E-state index in [0.29, 0.717) is 6.61 Å². The maximum absolute atomic E-state index is 10.6. The van der Waals surface area contributed by atoms with Crippen molar-refractivity contribution in [2.24, 2.45) is 0 Å².